The van der Waals surface area contributed by atoms with Crippen LogP contribution in [0, 0.1) is 11.3 Å². The lowest BCUT2D eigenvalue weighted by Gasteiger charge is -2.20. The summed E-state index contributed by atoms with van der Waals surface area (Å²) in [5.74, 6) is 0.907. The number of pyridine rings is 2. The molecule has 1 amide bonds. The Morgan fingerprint density at radius 3 is 2.69 bits per heavy atom. The number of thioether (sulfide) groups is 1. The smallest absolute Gasteiger partial charge is 0.273 e. The number of halogens is 1. The lowest BCUT2D eigenvalue weighted by molar-refractivity contribution is 0.0741. The molecule has 0 fully saturated rings. The number of carbonyl (C=O) groups excluding carboxylic acids is 1. The summed E-state index contributed by atoms with van der Waals surface area (Å²) in [7, 11) is 0. The minimum Gasteiger partial charge on any atom is -0.332 e. The third-order valence-electron chi connectivity index (χ3n) is 5.64. The zero-order chi connectivity index (χ0) is 27.0. The highest BCUT2D eigenvalue weighted by Gasteiger charge is 2.21. The summed E-state index contributed by atoms with van der Waals surface area (Å²) in [4.78, 5) is 27.7. The van der Waals surface area contributed by atoms with Gasteiger partial charge in [-0.15, -0.1) is 21.5 Å². The molecule has 5 rings (SSSR count). The van der Waals surface area contributed by atoms with Crippen LogP contribution in [0.15, 0.2) is 83.9 Å². The summed E-state index contributed by atoms with van der Waals surface area (Å²) >= 11 is 9.41. The Morgan fingerprint density at radius 2 is 1.92 bits per heavy atom. The molecule has 0 aliphatic rings. The Morgan fingerprint density at radius 1 is 1.08 bits per heavy atom. The molecule has 9 nitrogen and oxygen atoms in total. The fraction of sp³-hybridized carbons (Fsp3) is 0.148. The first kappa shape index (κ1) is 26.5. The second-order valence-electron chi connectivity index (χ2n) is 8.24. The first-order chi connectivity index (χ1) is 19.1. The van der Waals surface area contributed by atoms with Crippen molar-refractivity contribution in [2.24, 2.45) is 0 Å². The van der Waals surface area contributed by atoms with E-state index in [9.17, 15) is 4.79 Å². The third-order valence-corrected chi connectivity index (χ3v) is 7.93. The van der Waals surface area contributed by atoms with Gasteiger partial charge in [-0.3, -0.25) is 19.3 Å². The van der Waals surface area contributed by atoms with Crippen LogP contribution in [0.1, 0.15) is 27.5 Å². The number of nitriles is 1. The average molecular weight is 573 g/mol. The molecule has 0 saturated heterocycles. The average Bonchev–Trinajstić information content (AvgIpc) is 3.62. The van der Waals surface area contributed by atoms with E-state index in [-0.39, 0.29) is 12.3 Å². The first-order valence-corrected chi connectivity index (χ1v) is 14.1. The van der Waals surface area contributed by atoms with Crippen molar-refractivity contribution in [3.05, 3.63) is 100.0 Å². The molecule has 194 valence electrons. The van der Waals surface area contributed by atoms with E-state index in [4.69, 9.17) is 16.9 Å². The van der Waals surface area contributed by atoms with E-state index in [1.807, 2.05) is 53.1 Å². The predicted octanol–water partition coefficient (Wildman–Crippen LogP) is 5.68. The normalized spacial score (nSPS) is 10.8. The SMILES string of the molecule is N#CCCN(Cc1cccnc1)C(=O)c1csc(CSc2nnc(-c3ccncc3)n2-c2ccccc2Cl)n1. The number of rotatable bonds is 10. The summed E-state index contributed by atoms with van der Waals surface area (Å²) in [5, 5.41) is 21.7. The monoisotopic (exact) mass is 572 g/mol. The maximum Gasteiger partial charge on any atom is 0.273 e. The van der Waals surface area contributed by atoms with Crippen LogP contribution in [-0.2, 0) is 12.3 Å². The highest BCUT2D eigenvalue weighted by molar-refractivity contribution is 7.98. The number of nitrogens with zero attached hydrogens (tertiary/aromatic N) is 8. The van der Waals surface area contributed by atoms with Gasteiger partial charge in [0, 0.05) is 48.8 Å². The summed E-state index contributed by atoms with van der Waals surface area (Å²) < 4.78 is 1.92. The van der Waals surface area contributed by atoms with Gasteiger partial charge < -0.3 is 4.90 Å². The minimum atomic E-state index is -0.221. The van der Waals surface area contributed by atoms with Crippen LogP contribution < -0.4 is 0 Å². The standard InChI is InChI=1S/C27H21ClN8OS2/c28-21-6-1-2-7-23(21)36-25(20-8-12-30-13-9-20)33-34-27(36)39-18-24-32-22(17-38-24)26(37)35(14-4-10-29)16-19-5-3-11-31-15-19/h1-3,5-9,11-13,15,17H,4,14,16,18H2. The Labute approximate surface area is 238 Å². The van der Waals surface area contributed by atoms with Crippen molar-refractivity contribution in [1.29, 1.82) is 5.26 Å². The number of carbonyl (C=O) groups is 1. The van der Waals surface area contributed by atoms with E-state index in [0.29, 0.717) is 40.5 Å². The van der Waals surface area contributed by atoms with Gasteiger partial charge >= 0.3 is 0 Å². The van der Waals surface area contributed by atoms with Crippen LogP contribution in [-0.4, -0.2) is 47.1 Å². The number of thiazole rings is 1. The molecule has 1 aromatic carbocycles. The van der Waals surface area contributed by atoms with Gasteiger partial charge in [0.15, 0.2) is 11.0 Å². The van der Waals surface area contributed by atoms with E-state index in [1.165, 1.54) is 23.1 Å². The van der Waals surface area contributed by atoms with Crippen LogP contribution >= 0.6 is 34.7 Å². The van der Waals surface area contributed by atoms with Crippen molar-refractivity contribution in [3.63, 3.8) is 0 Å². The van der Waals surface area contributed by atoms with E-state index < -0.39 is 0 Å². The van der Waals surface area contributed by atoms with Gasteiger partial charge in [0.1, 0.15) is 10.7 Å². The van der Waals surface area contributed by atoms with E-state index in [0.717, 1.165) is 21.8 Å². The number of hydrogen-bond acceptors (Lipinski definition) is 9. The molecule has 0 saturated carbocycles. The van der Waals surface area contributed by atoms with Gasteiger partial charge in [0.05, 0.1) is 29.0 Å². The van der Waals surface area contributed by atoms with Gasteiger partial charge in [-0.2, -0.15) is 5.26 Å². The fourth-order valence-electron chi connectivity index (χ4n) is 3.81. The first-order valence-electron chi connectivity index (χ1n) is 11.9. The second-order valence-corrected chi connectivity index (χ2v) is 10.5. The molecule has 0 aliphatic carbocycles. The predicted molar refractivity (Wildman–Crippen MR) is 150 cm³/mol. The molecule has 4 aromatic heterocycles. The second kappa shape index (κ2) is 12.6. The molecule has 0 spiro atoms. The van der Waals surface area contributed by atoms with E-state index >= 15 is 0 Å². The number of benzene rings is 1. The van der Waals surface area contributed by atoms with Crippen molar-refractivity contribution in [3.8, 4) is 23.1 Å². The molecule has 39 heavy (non-hydrogen) atoms. The molecular formula is C27H21ClN8OS2. The Hall–Kier alpha value is -4.11. The van der Waals surface area contributed by atoms with Gasteiger partial charge in [-0.1, -0.05) is 41.6 Å². The molecule has 0 radical (unpaired) electrons. The Kier molecular flexibility index (Phi) is 8.58. The number of amides is 1. The summed E-state index contributed by atoms with van der Waals surface area (Å²) in [6, 6.07) is 17.1. The maximum absolute atomic E-state index is 13.3. The number of hydrogen-bond donors (Lipinski definition) is 0. The van der Waals surface area contributed by atoms with Crippen LogP contribution in [0.2, 0.25) is 5.02 Å². The Bertz CT molecular complexity index is 1600. The Balaban J connectivity index is 1.36. The summed E-state index contributed by atoms with van der Waals surface area (Å²) in [5.41, 5.74) is 2.86. The van der Waals surface area contributed by atoms with Gasteiger partial charge in [0.25, 0.3) is 5.91 Å². The quantitative estimate of drug-likeness (QED) is 0.196. The lowest BCUT2D eigenvalue weighted by atomic mass is 10.2. The molecule has 12 heteroatoms. The van der Waals surface area contributed by atoms with Crippen molar-refractivity contribution >= 4 is 40.6 Å². The molecule has 0 N–H and O–H groups in total. The van der Waals surface area contributed by atoms with Crippen LogP contribution in [0.4, 0.5) is 0 Å². The van der Waals surface area contributed by atoms with Crippen LogP contribution in [0.3, 0.4) is 0 Å². The van der Waals surface area contributed by atoms with Crippen molar-refractivity contribution in [1.82, 2.24) is 34.6 Å². The fourth-order valence-corrected chi connectivity index (χ4v) is 5.77. The van der Waals surface area contributed by atoms with Gasteiger partial charge in [-0.25, -0.2) is 4.98 Å². The zero-order valence-electron chi connectivity index (χ0n) is 20.5. The lowest BCUT2D eigenvalue weighted by Crippen LogP contribution is -2.31. The maximum atomic E-state index is 13.3. The molecule has 0 unspecified atom stereocenters. The molecule has 0 atom stereocenters. The van der Waals surface area contributed by atoms with E-state index in [1.54, 1.807) is 35.1 Å². The van der Waals surface area contributed by atoms with E-state index in [2.05, 4.69) is 31.2 Å². The minimum absolute atomic E-state index is 0.221. The zero-order valence-corrected chi connectivity index (χ0v) is 22.9. The summed E-state index contributed by atoms with van der Waals surface area (Å²) in [6.07, 6.45) is 7.04. The molecule has 0 bridgehead atoms. The van der Waals surface area contributed by atoms with Crippen molar-refractivity contribution in [2.45, 2.75) is 23.9 Å². The molecular weight excluding hydrogens is 552 g/mol. The van der Waals surface area contributed by atoms with Crippen molar-refractivity contribution < 1.29 is 4.79 Å². The van der Waals surface area contributed by atoms with Crippen LogP contribution in [0.25, 0.3) is 17.1 Å². The van der Waals surface area contributed by atoms with Gasteiger partial charge in [-0.05, 0) is 35.9 Å². The topological polar surface area (TPSA) is 113 Å². The third kappa shape index (κ3) is 6.31. The summed E-state index contributed by atoms with van der Waals surface area (Å²) in [6.45, 7) is 0.666. The molecule has 5 aromatic rings. The van der Waals surface area contributed by atoms with Crippen molar-refractivity contribution in [2.75, 3.05) is 6.54 Å². The van der Waals surface area contributed by atoms with Crippen LogP contribution in [0.5, 0.6) is 0 Å². The highest BCUT2D eigenvalue weighted by atomic mass is 35.5. The number of aromatic nitrogens is 6. The van der Waals surface area contributed by atoms with Gasteiger partial charge in [0.2, 0.25) is 0 Å². The molecule has 0 aliphatic heterocycles. The largest absolute Gasteiger partial charge is 0.332 e. The highest BCUT2D eigenvalue weighted by Crippen LogP contribution is 2.33. The number of para-hydroxylation sites is 1. The molecule has 4 heterocycles.